The van der Waals surface area contributed by atoms with Gasteiger partial charge in [0.2, 0.25) is 0 Å². The van der Waals surface area contributed by atoms with E-state index >= 15 is 0 Å². The number of carbonyl (C=O) groups is 1. The number of aromatic nitrogens is 2. The van der Waals surface area contributed by atoms with Gasteiger partial charge in [0.25, 0.3) is 5.91 Å². The van der Waals surface area contributed by atoms with Gasteiger partial charge in [0.1, 0.15) is 0 Å². The summed E-state index contributed by atoms with van der Waals surface area (Å²) in [4.78, 5) is 15.1. The van der Waals surface area contributed by atoms with Crippen LogP contribution in [0.15, 0.2) is 36.5 Å². The Kier molecular flexibility index (Phi) is 5.64. The van der Waals surface area contributed by atoms with Crippen LogP contribution in [-0.2, 0) is 4.74 Å². The number of nitrogens with one attached hydrogen (secondary N) is 2. The molecule has 2 N–H and O–H groups in total. The second-order valence-electron chi connectivity index (χ2n) is 7.81. The number of benzene rings is 1. The second-order valence-corrected chi connectivity index (χ2v) is 7.81. The Morgan fingerprint density at radius 3 is 2.75 bits per heavy atom. The lowest BCUT2D eigenvalue weighted by atomic mass is 10.1. The molecule has 0 spiro atoms. The van der Waals surface area contributed by atoms with Crippen molar-refractivity contribution in [1.82, 2.24) is 15.1 Å². The molecular formula is C21H29N5O2. The van der Waals surface area contributed by atoms with E-state index in [1.165, 1.54) is 0 Å². The summed E-state index contributed by atoms with van der Waals surface area (Å²) in [6, 6.07) is 10.1. The molecule has 3 unspecified atom stereocenters. The second kappa shape index (κ2) is 8.32. The summed E-state index contributed by atoms with van der Waals surface area (Å²) in [5.74, 6) is -0.177. The molecule has 4 rings (SSSR count). The minimum atomic E-state index is -0.177. The quantitative estimate of drug-likeness (QED) is 0.849. The van der Waals surface area contributed by atoms with E-state index in [9.17, 15) is 4.79 Å². The fourth-order valence-corrected chi connectivity index (χ4v) is 4.14. The number of ether oxygens (including phenoxy) is 1. The van der Waals surface area contributed by atoms with Crippen LogP contribution in [-0.4, -0.2) is 54.1 Å². The number of nitrogens with zero attached hydrogens (tertiary/aromatic N) is 3. The topological polar surface area (TPSA) is 71.4 Å². The molecule has 0 bridgehead atoms. The number of amides is 1. The maximum absolute atomic E-state index is 12.8. The Hall–Kier alpha value is -2.38. The lowest BCUT2D eigenvalue weighted by Crippen LogP contribution is -2.45. The average Bonchev–Trinajstić information content (AvgIpc) is 3.19. The largest absolute Gasteiger partial charge is 0.372 e. The van der Waals surface area contributed by atoms with Gasteiger partial charge in [0.15, 0.2) is 5.69 Å². The average molecular weight is 383 g/mol. The molecule has 1 aromatic heterocycles. The standard InChI is InChI=1S/C21H29N5O2/c1-15-13-25(14-16(2)28-15)20-8-4-3-7-18(20)23-21(27)19-9-11-26(24-19)17-6-5-10-22-12-17/h3-4,7-9,11,15-17,22H,5-6,10,12-14H2,1-2H3,(H,23,27). The molecule has 2 saturated heterocycles. The van der Waals surface area contributed by atoms with Gasteiger partial charge < -0.3 is 20.3 Å². The number of morpholine rings is 1. The van der Waals surface area contributed by atoms with Crippen molar-refractivity contribution in [3.63, 3.8) is 0 Å². The smallest absolute Gasteiger partial charge is 0.276 e. The van der Waals surface area contributed by atoms with Crippen molar-refractivity contribution in [2.75, 3.05) is 36.4 Å². The van der Waals surface area contributed by atoms with Crippen LogP contribution >= 0.6 is 0 Å². The summed E-state index contributed by atoms with van der Waals surface area (Å²) in [7, 11) is 0. The van der Waals surface area contributed by atoms with Gasteiger partial charge in [0.05, 0.1) is 29.6 Å². The number of carbonyl (C=O) groups excluding carboxylic acids is 1. The van der Waals surface area contributed by atoms with Crippen LogP contribution in [0.3, 0.4) is 0 Å². The summed E-state index contributed by atoms with van der Waals surface area (Å²) >= 11 is 0. The molecule has 0 radical (unpaired) electrons. The first-order valence-electron chi connectivity index (χ1n) is 10.2. The van der Waals surface area contributed by atoms with E-state index in [4.69, 9.17) is 4.74 Å². The number of piperidine rings is 1. The molecule has 0 saturated carbocycles. The Morgan fingerprint density at radius 2 is 2.00 bits per heavy atom. The van der Waals surface area contributed by atoms with E-state index in [1.54, 1.807) is 6.07 Å². The van der Waals surface area contributed by atoms with Crippen LogP contribution in [0.1, 0.15) is 43.2 Å². The van der Waals surface area contributed by atoms with Crippen LogP contribution in [0.4, 0.5) is 11.4 Å². The summed E-state index contributed by atoms with van der Waals surface area (Å²) in [6.45, 7) is 7.73. The van der Waals surface area contributed by atoms with Gasteiger partial charge in [-0.2, -0.15) is 5.10 Å². The molecule has 28 heavy (non-hydrogen) atoms. The zero-order valence-electron chi connectivity index (χ0n) is 16.6. The maximum atomic E-state index is 12.8. The first-order chi connectivity index (χ1) is 13.6. The number of anilines is 2. The molecule has 7 heteroatoms. The van der Waals surface area contributed by atoms with Crippen LogP contribution in [0.25, 0.3) is 0 Å². The molecule has 2 aliphatic heterocycles. The van der Waals surface area contributed by atoms with Crippen LogP contribution in [0.2, 0.25) is 0 Å². The van der Waals surface area contributed by atoms with Gasteiger partial charge in [-0.1, -0.05) is 12.1 Å². The molecule has 3 heterocycles. The summed E-state index contributed by atoms with van der Waals surface area (Å²) < 4.78 is 7.76. The third kappa shape index (κ3) is 4.20. The van der Waals surface area contributed by atoms with E-state index in [-0.39, 0.29) is 18.1 Å². The highest BCUT2D eigenvalue weighted by atomic mass is 16.5. The van der Waals surface area contributed by atoms with Crippen molar-refractivity contribution in [1.29, 1.82) is 0 Å². The molecule has 2 aliphatic rings. The first kappa shape index (κ1) is 19.0. The van der Waals surface area contributed by atoms with Crippen molar-refractivity contribution >= 4 is 17.3 Å². The van der Waals surface area contributed by atoms with Crippen molar-refractivity contribution in [3.05, 3.63) is 42.2 Å². The Morgan fingerprint density at radius 1 is 1.21 bits per heavy atom. The number of hydrogen-bond donors (Lipinski definition) is 2. The van der Waals surface area contributed by atoms with Crippen LogP contribution in [0, 0.1) is 0 Å². The van der Waals surface area contributed by atoms with E-state index < -0.39 is 0 Å². The minimum absolute atomic E-state index is 0.160. The molecule has 2 aromatic rings. The van der Waals surface area contributed by atoms with Crippen molar-refractivity contribution < 1.29 is 9.53 Å². The van der Waals surface area contributed by atoms with Crippen molar-refractivity contribution in [2.24, 2.45) is 0 Å². The lowest BCUT2D eigenvalue weighted by molar-refractivity contribution is -0.00517. The van der Waals surface area contributed by atoms with Gasteiger partial charge in [0, 0.05) is 25.8 Å². The molecule has 1 amide bonds. The molecule has 3 atom stereocenters. The SMILES string of the molecule is CC1CN(c2ccccc2NC(=O)c2ccn(C3CCCNC3)n2)CC(C)O1. The maximum Gasteiger partial charge on any atom is 0.276 e. The Labute approximate surface area is 166 Å². The van der Waals surface area contributed by atoms with Gasteiger partial charge in [-0.3, -0.25) is 9.48 Å². The van der Waals surface area contributed by atoms with Gasteiger partial charge in [-0.05, 0) is 51.4 Å². The van der Waals surface area contributed by atoms with Gasteiger partial charge >= 0.3 is 0 Å². The molecular weight excluding hydrogens is 354 g/mol. The van der Waals surface area contributed by atoms with E-state index in [1.807, 2.05) is 35.1 Å². The number of rotatable bonds is 4. The number of para-hydroxylation sites is 2. The predicted octanol–water partition coefficient (Wildman–Crippen LogP) is 2.67. The zero-order chi connectivity index (χ0) is 19.5. The molecule has 2 fully saturated rings. The normalized spacial score (nSPS) is 25.5. The van der Waals surface area contributed by atoms with Crippen LogP contribution < -0.4 is 15.5 Å². The fourth-order valence-electron chi connectivity index (χ4n) is 4.14. The lowest BCUT2D eigenvalue weighted by Gasteiger charge is -2.37. The van der Waals surface area contributed by atoms with Crippen molar-refractivity contribution in [2.45, 2.75) is 44.9 Å². The zero-order valence-corrected chi connectivity index (χ0v) is 16.6. The Bertz CT molecular complexity index is 805. The summed E-state index contributed by atoms with van der Waals surface area (Å²) in [5, 5.41) is 11.0. The summed E-state index contributed by atoms with van der Waals surface area (Å²) in [6.07, 6.45) is 4.45. The first-order valence-corrected chi connectivity index (χ1v) is 10.2. The van der Waals surface area contributed by atoms with Crippen LogP contribution in [0.5, 0.6) is 0 Å². The molecule has 1 aromatic carbocycles. The third-order valence-corrected chi connectivity index (χ3v) is 5.40. The highest BCUT2D eigenvalue weighted by Crippen LogP contribution is 2.29. The highest BCUT2D eigenvalue weighted by molar-refractivity contribution is 6.04. The Balaban J connectivity index is 1.48. The molecule has 7 nitrogen and oxygen atoms in total. The minimum Gasteiger partial charge on any atom is -0.372 e. The fraction of sp³-hybridized carbons (Fsp3) is 0.524. The molecule has 150 valence electrons. The summed E-state index contributed by atoms with van der Waals surface area (Å²) in [5.41, 5.74) is 2.28. The van der Waals surface area contributed by atoms with E-state index in [0.717, 1.165) is 50.4 Å². The van der Waals surface area contributed by atoms with Gasteiger partial charge in [-0.15, -0.1) is 0 Å². The highest BCUT2D eigenvalue weighted by Gasteiger charge is 2.25. The van der Waals surface area contributed by atoms with Gasteiger partial charge in [-0.25, -0.2) is 0 Å². The monoisotopic (exact) mass is 383 g/mol. The molecule has 0 aliphatic carbocycles. The third-order valence-electron chi connectivity index (χ3n) is 5.40. The predicted molar refractivity (Wildman–Crippen MR) is 110 cm³/mol. The van der Waals surface area contributed by atoms with E-state index in [0.29, 0.717) is 11.7 Å². The number of hydrogen-bond acceptors (Lipinski definition) is 5. The van der Waals surface area contributed by atoms with E-state index in [2.05, 4.69) is 34.5 Å². The van der Waals surface area contributed by atoms with Crippen molar-refractivity contribution in [3.8, 4) is 0 Å².